The Hall–Kier alpha value is -1.00. The van der Waals surface area contributed by atoms with Crippen molar-refractivity contribution < 1.29 is 4.79 Å². The lowest BCUT2D eigenvalue weighted by Crippen LogP contribution is -2.44. The number of benzene rings is 1. The minimum absolute atomic E-state index is 0.154. The number of carbonyl (C=O) groups excluding carboxylic acids is 1. The highest BCUT2D eigenvalue weighted by atomic mass is 32.2. The number of hydrogen-bond donors (Lipinski definition) is 2. The minimum atomic E-state index is -0.280. The lowest BCUT2D eigenvalue weighted by atomic mass is 9.85. The quantitative estimate of drug-likeness (QED) is 0.620. The van der Waals surface area contributed by atoms with Crippen LogP contribution in [0.3, 0.4) is 0 Å². The normalized spacial score (nSPS) is 17.3. The van der Waals surface area contributed by atoms with Gasteiger partial charge in [-0.2, -0.15) is 0 Å². The van der Waals surface area contributed by atoms with Crippen LogP contribution in [-0.4, -0.2) is 24.7 Å². The van der Waals surface area contributed by atoms with Gasteiger partial charge in [0.1, 0.15) is 0 Å². The van der Waals surface area contributed by atoms with Crippen LogP contribution in [0.15, 0.2) is 35.2 Å². The fourth-order valence-corrected chi connectivity index (χ4v) is 3.40. The summed E-state index contributed by atoms with van der Waals surface area (Å²) in [5.41, 5.74) is 5.52. The van der Waals surface area contributed by atoms with Crippen molar-refractivity contribution in [2.24, 2.45) is 11.1 Å². The maximum absolute atomic E-state index is 12.2. The Kier molecular flexibility index (Phi) is 5.28. The maximum atomic E-state index is 12.2. The topological polar surface area (TPSA) is 55.1 Å². The summed E-state index contributed by atoms with van der Waals surface area (Å²) >= 11 is 1.77. The molecule has 1 amide bonds. The molecule has 1 saturated carbocycles. The minimum Gasteiger partial charge on any atom is -0.355 e. The molecule has 1 aliphatic rings. The highest BCUT2D eigenvalue weighted by Gasteiger charge is 2.39. The number of rotatable bonds is 6. The van der Waals surface area contributed by atoms with E-state index in [4.69, 9.17) is 5.73 Å². The summed E-state index contributed by atoms with van der Waals surface area (Å²) in [5.74, 6) is 1.05. The predicted octanol–water partition coefficient (Wildman–Crippen LogP) is 2.41. The van der Waals surface area contributed by atoms with Crippen molar-refractivity contribution >= 4 is 17.7 Å². The second-order valence-corrected chi connectivity index (χ2v) is 6.28. The third kappa shape index (κ3) is 3.74. The van der Waals surface area contributed by atoms with Crippen molar-refractivity contribution in [1.82, 2.24) is 5.32 Å². The number of thioether (sulfide) groups is 1. The van der Waals surface area contributed by atoms with Crippen LogP contribution in [0.2, 0.25) is 0 Å². The molecule has 0 aliphatic heterocycles. The lowest BCUT2D eigenvalue weighted by molar-refractivity contribution is -0.130. The zero-order valence-corrected chi connectivity index (χ0v) is 12.0. The van der Waals surface area contributed by atoms with Gasteiger partial charge >= 0.3 is 0 Å². The van der Waals surface area contributed by atoms with Gasteiger partial charge in [0.05, 0.1) is 5.41 Å². The van der Waals surface area contributed by atoms with Crippen LogP contribution in [0.25, 0.3) is 0 Å². The van der Waals surface area contributed by atoms with Crippen LogP contribution in [0.1, 0.15) is 25.7 Å². The molecular weight excluding hydrogens is 256 g/mol. The van der Waals surface area contributed by atoms with Crippen LogP contribution in [0.5, 0.6) is 0 Å². The lowest BCUT2D eigenvalue weighted by Gasteiger charge is -2.25. The zero-order valence-electron chi connectivity index (χ0n) is 11.2. The first-order valence-corrected chi connectivity index (χ1v) is 7.92. The van der Waals surface area contributed by atoms with Crippen molar-refractivity contribution in [2.45, 2.75) is 30.6 Å². The van der Waals surface area contributed by atoms with Crippen molar-refractivity contribution in [3.63, 3.8) is 0 Å². The highest BCUT2D eigenvalue weighted by Crippen LogP contribution is 2.37. The van der Waals surface area contributed by atoms with E-state index < -0.39 is 0 Å². The van der Waals surface area contributed by atoms with E-state index in [1.54, 1.807) is 11.8 Å². The zero-order chi connectivity index (χ0) is 13.6. The van der Waals surface area contributed by atoms with Gasteiger partial charge in [-0.05, 0) is 25.0 Å². The molecule has 0 saturated heterocycles. The maximum Gasteiger partial charge on any atom is 0.227 e. The van der Waals surface area contributed by atoms with Gasteiger partial charge in [0.2, 0.25) is 5.91 Å². The van der Waals surface area contributed by atoms with Crippen LogP contribution in [-0.2, 0) is 4.79 Å². The van der Waals surface area contributed by atoms with E-state index in [2.05, 4.69) is 17.4 Å². The largest absolute Gasteiger partial charge is 0.355 e. The van der Waals surface area contributed by atoms with E-state index in [1.165, 1.54) is 4.90 Å². The molecule has 0 aromatic heterocycles. The van der Waals surface area contributed by atoms with Crippen LogP contribution in [0.4, 0.5) is 0 Å². The highest BCUT2D eigenvalue weighted by molar-refractivity contribution is 7.99. The molecule has 1 fully saturated rings. The molecular formula is C15H22N2OS. The van der Waals surface area contributed by atoms with Gasteiger partial charge < -0.3 is 11.1 Å². The number of hydrogen-bond acceptors (Lipinski definition) is 3. The van der Waals surface area contributed by atoms with Crippen molar-refractivity contribution in [2.75, 3.05) is 18.8 Å². The summed E-state index contributed by atoms with van der Waals surface area (Å²) in [6, 6.07) is 10.2. The van der Waals surface area contributed by atoms with E-state index >= 15 is 0 Å². The fraction of sp³-hybridized carbons (Fsp3) is 0.533. The SMILES string of the molecule is NCC1(C(=O)NCCSc2ccccc2)CCCC1. The molecule has 3 nitrogen and oxygen atoms in total. The summed E-state index contributed by atoms with van der Waals surface area (Å²) in [6.07, 6.45) is 4.15. The summed E-state index contributed by atoms with van der Waals surface area (Å²) in [5, 5.41) is 3.05. The van der Waals surface area contributed by atoms with Gasteiger partial charge in [-0.3, -0.25) is 4.79 Å². The molecule has 1 aromatic carbocycles. The molecule has 0 spiro atoms. The van der Waals surface area contributed by atoms with Gasteiger partial charge in [0, 0.05) is 23.7 Å². The van der Waals surface area contributed by atoms with Crippen LogP contribution in [0, 0.1) is 5.41 Å². The Morgan fingerprint density at radius 1 is 1.26 bits per heavy atom. The van der Waals surface area contributed by atoms with Gasteiger partial charge in [0.15, 0.2) is 0 Å². The molecule has 1 aromatic rings. The van der Waals surface area contributed by atoms with Gasteiger partial charge in [-0.25, -0.2) is 0 Å². The Bertz CT molecular complexity index is 402. The van der Waals surface area contributed by atoms with E-state index in [9.17, 15) is 4.79 Å². The number of amides is 1. The Balaban J connectivity index is 1.72. The first-order valence-electron chi connectivity index (χ1n) is 6.93. The van der Waals surface area contributed by atoms with Crippen LogP contribution < -0.4 is 11.1 Å². The van der Waals surface area contributed by atoms with Crippen molar-refractivity contribution in [1.29, 1.82) is 0 Å². The van der Waals surface area contributed by atoms with Crippen LogP contribution >= 0.6 is 11.8 Å². The molecule has 0 unspecified atom stereocenters. The van der Waals surface area contributed by atoms with E-state index in [0.29, 0.717) is 13.1 Å². The third-order valence-corrected chi connectivity index (χ3v) is 4.85. The summed E-state index contributed by atoms with van der Waals surface area (Å²) in [7, 11) is 0. The monoisotopic (exact) mass is 278 g/mol. The average Bonchev–Trinajstić information content (AvgIpc) is 2.94. The average molecular weight is 278 g/mol. The summed E-state index contributed by atoms with van der Waals surface area (Å²) in [6.45, 7) is 1.19. The smallest absolute Gasteiger partial charge is 0.227 e. The standard InChI is InChI=1S/C15H22N2OS/c16-12-15(8-4-5-9-15)14(18)17-10-11-19-13-6-2-1-3-7-13/h1-3,6-7H,4-5,8-12,16H2,(H,17,18). The van der Waals surface area contributed by atoms with E-state index in [0.717, 1.165) is 31.4 Å². The third-order valence-electron chi connectivity index (χ3n) is 3.83. The molecule has 3 N–H and O–H groups in total. The van der Waals surface area contributed by atoms with Gasteiger partial charge in [-0.15, -0.1) is 11.8 Å². The van der Waals surface area contributed by atoms with E-state index in [1.807, 2.05) is 18.2 Å². The molecule has 0 radical (unpaired) electrons. The first kappa shape index (κ1) is 14.4. The number of nitrogens with one attached hydrogen (secondary N) is 1. The summed E-state index contributed by atoms with van der Waals surface area (Å²) in [4.78, 5) is 13.5. The van der Waals surface area contributed by atoms with Crippen molar-refractivity contribution in [3.05, 3.63) is 30.3 Å². The predicted molar refractivity (Wildman–Crippen MR) is 80.1 cm³/mol. The molecule has 2 rings (SSSR count). The molecule has 4 heteroatoms. The molecule has 0 heterocycles. The molecule has 0 bridgehead atoms. The summed E-state index contributed by atoms with van der Waals surface area (Å²) < 4.78 is 0. The van der Waals surface area contributed by atoms with E-state index in [-0.39, 0.29) is 11.3 Å². The Morgan fingerprint density at radius 2 is 1.95 bits per heavy atom. The fourth-order valence-electron chi connectivity index (χ4n) is 2.61. The first-order chi connectivity index (χ1) is 9.27. The Labute approximate surface area is 119 Å². The Morgan fingerprint density at radius 3 is 2.58 bits per heavy atom. The number of carbonyl (C=O) groups is 1. The molecule has 1 aliphatic carbocycles. The molecule has 19 heavy (non-hydrogen) atoms. The second-order valence-electron chi connectivity index (χ2n) is 5.11. The molecule has 104 valence electrons. The number of nitrogens with two attached hydrogens (primary N) is 1. The van der Waals surface area contributed by atoms with Gasteiger partial charge in [0.25, 0.3) is 0 Å². The molecule has 0 atom stereocenters. The second kappa shape index (κ2) is 6.96. The van der Waals surface area contributed by atoms with Gasteiger partial charge in [-0.1, -0.05) is 31.0 Å². The van der Waals surface area contributed by atoms with Crippen molar-refractivity contribution in [3.8, 4) is 0 Å².